The van der Waals surface area contributed by atoms with E-state index in [4.69, 9.17) is 34.2 Å². The van der Waals surface area contributed by atoms with Gasteiger partial charge in [0.25, 0.3) is 0 Å². The molecule has 3 rings (SSSR count). The maximum absolute atomic E-state index is 8.91. The normalized spacial score (nSPS) is 10.4. The standard InChI is InChI=1S/C19H17Cl2N7/c20-15-2-1-3-16(21)14(15)10-17-26-18(24-9-8-22)28-19(27-17)25-13-6-4-12(11-23)5-7-13/h1-7H,8-10,22H2,(H2,24,25,26,27,28). The first-order valence-electron chi connectivity index (χ1n) is 8.48. The molecule has 0 saturated heterocycles. The molecule has 0 unspecified atom stereocenters. The third-order valence-corrected chi connectivity index (χ3v) is 4.48. The summed E-state index contributed by atoms with van der Waals surface area (Å²) in [5.41, 5.74) is 7.61. The van der Waals surface area contributed by atoms with E-state index in [9.17, 15) is 0 Å². The first-order valence-corrected chi connectivity index (χ1v) is 9.23. The number of nitrogens with one attached hydrogen (secondary N) is 2. The van der Waals surface area contributed by atoms with Gasteiger partial charge in [-0.05, 0) is 42.0 Å². The molecular weight excluding hydrogens is 397 g/mol. The first-order chi connectivity index (χ1) is 13.6. The van der Waals surface area contributed by atoms with Gasteiger partial charge in [0.1, 0.15) is 5.82 Å². The Morgan fingerprint density at radius 2 is 1.64 bits per heavy atom. The molecule has 0 radical (unpaired) electrons. The molecule has 0 saturated carbocycles. The molecule has 142 valence electrons. The highest BCUT2D eigenvalue weighted by atomic mass is 35.5. The van der Waals surface area contributed by atoms with Crippen LogP contribution >= 0.6 is 23.2 Å². The van der Waals surface area contributed by atoms with E-state index in [1.165, 1.54) is 0 Å². The molecule has 0 spiro atoms. The molecule has 1 aromatic heterocycles. The van der Waals surface area contributed by atoms with Crippen LogP contribution in [0.4, 0.5) is 17.6 Å². The lowest BCUT2D eigenvalue weighted by Crippen LogP contribution is -2.16. The largest absolute Gasteiger partial charge is 0.353 e. The van der Waals surface area contributed by atoms with Gasteiger partial charge in [0.15, 0.2) is 0 Å². The smallest absolute Gasteiger partial charge is 0.232 e. The van der Waals surface area contributed by atoms with Crippen molar-refractivity contribution >= 4 is 40.8 Å². The zero-order valence-corrected chi connectivity index (χ0v) is 16.3. The van der Waals surface area contributed by atoms with Crippen molar-refractivity contribution in [3.05, 3.63) is 69.5 Å². The third-order valence-electron chi connectivity index (χ3n) is 3.78. The van der Waals surface area contributed by atoms with Crippen molar-refractivity contribution in [3.8, 4) is 6.07 Å². The minimum absolute atomic E-state index is 0.348. The van der Waals surface area contributed by atoms with Gasteiger partial charge in [-0.15, -0.1) is 0 Å². The van der Waals surface area contributed by atoms with E-state index in [0.29, 0.717) is 52.8 Å². The Hall–Kier alpha value is -2.92. The van der Waals surface area contributed by atoms with Crippen molar-refractivity contribution in [2.45, 2.75) is 6.42 Å². The van der Waals surface area contributed by atoms with E-state index in [2.05, 4.69) is 31.7 Å². The quantitative estimate of drug-likeness (QED) is 0.540. The van der Waals surface area contributed by atoms with Gasteiger partial charge in [-0.25, -0.2) is 0 Å². The summed E-state index contributed by atoms with van der Waals surface area (Å²) in [5.74, 6) is 1.26. The zero-order valence-electron chi connectivity index (χ0n) is 14.8. The molecule has 0 amide bonds. The Morgan fingerprint density at radius 1 is 0.964 bits per heavy atom. The van der Waals surface area contributed by atoms with Crippen LogP contribution in [-0.4, -0.2) is 28.0 Å². The summed E-state index contributed by atoms with van der Waals surface area (Å²) in [7, 11) is 0. The van der Waals surface area contributed by atoms with E-state index in [-0.39, 0.29) is 0 Å². The fraction of sp³-hybridized carbons (Fsp3) is 0.158. The summed E-state index contributed by atoms with van der Waals surface area (Å²) >= 11 is 12.5. The maximum atomic E-state index is 8.91. The molecule has 0 aliphatic heterocycles. The van der Waals surface area contributed by atoms with Crippen molar-refractivity contribution < 1.29 is 0 Å². The van der Waals surface area contributed by atoms with Gasteiger partial charge in [0, 0.05) is 35.2 Å². The van der Waals surface area contributed by atoms with Crippen LogP contribution in [0.25, 0.3) is 0 Å². The van der Waals surface area contributed by atoms with Gasteiger partial charge in [-0.1, -0.05) is 29.3 Å². The van der Waals surface area contributed by atoms with Gasteiger partial charge in [-0.3, -0.25) is 0 Å². The van der Waals surface area contributed by atoms with Crippen LogP contribution in [0.2, 0.25) is 10.0 Å². The summed E-state index contributed by atoms with van der Waals surface area (Å²) in [6.45, 7) is 0.961. The highest BCUT2D eigenvalue weighted by Crippen LogP contribution is 2.26. The van der Waals surface area contributed by atoms with Gasteiger partial charge in [0.05, 0.1) is 11.6 Å². The molecule has 3 aromatic rings. The van der Waals surface area contributed by atoms with Crippen molar-refractivity contribution in [2.75, 3.05) is 23.7 Å². The van der Waals surface area contributed by atoms with Gasteiger partial charge in [0.2, 0.25) is 11.9 Å². The van der Waals surface area contributed by atoms with Gasteiger partial charge >= 0.3 is 0 Å². The number of anilines is 3. The van der Waals surface area contributed by atoms with Crippen LogP contribution in [0.3, 0.4) is 0 Å². The van der Waals surface area contributed by atoms with E-state index in [1.54, 1.807) is 42.5 Å². The summed E-state index contributed by atoms with van der Waals surface area (Å²) in [6, 6.07) is 14.4. The highest BCUT2D eigenvalue weighted by molar-refractivity contribution is 6.36. The molecule has 0 aliphatic carbocycles. The summed E-state index contributed by atoms with van der Waals surface area (Å²) in [6.07, 6.45) is 0.348. The molecule has 0 aliphatic rings. The number of aromatic nitrogens is 3. The first kappa shape index (κ1) is 19.8. The van der Waals surface area contributed by atoms with Crippen LogP contribution in [0.15, 0.2) is 42.5 Å². The van der Waals surface area contributed by atoms with E-state index >= 15 is 0 Å². The number of rotatable bonds is 7. The van der Waals surface area contributed by atoms with Gasteiger partial charge in [-0.2, -0.15) is 20.2 Å². The van der Waals surface area contributed by atoms with E-state index in [1.807, 2.05) is 0 Å². The fourth-order valence-corrected chi connectivity index (χ4v) is 2.97. The number of nitrogens with zero attached hydrogens (tertiary/aromatic N) is 4. The fourth-order valence-electron chi connectivity index (χ4n) is 2.43. The van der Waals surface area contributed by atoms with E-state index < -0.39 is 0 Å². The molecule has 0 atom stereocenters. The Morgan fingerprint density at radius 3 is 2.29 bits per heavy atom. The van der Waals surface area contributed by atoms with Crippen molar-refractivity contribution in [2.24, 2.45) is 5.73 Å². The minimum atomic E-state index is 0.348. The maximum Gasteiger partial charge on any atom is 0.232 e. The topological polar surface area (TPSA) is 113 Å². The molecule has 9 heteroatoms. The molecule has 0 bridgehead atoms. The number of halogens is 2. The molecular formula is C19H17Cl2N7. The summed E-state index contributed by atoms with van der Waals surface area (Å²) in [4.78, 5) is 13.3. The average molecular weight is 414 g/mol. The Bertz CT molecular complexity index is 980. The Balaban J connectivity index is 1.90. The van der Waals surface area contributed by atoms with Crippen LogP contribution < -0.4 is 16.4 Å². The zero-order chi connectivity index (χ0) is 19.9. The van der Waals surface area contributed by atoms with Crippen LogP contribution in [0.5, 0.6) is 0 Å². The van der Waals surface area contributed by atoms with E-state index in [0.717, 1.165) is 11.3 Å². The second kappa shape index (κ2) is 9.33. The SMILES string of the molecule is N#Cc1ccc(Nc2nc(Cc3c(Cl)cccc3Cl)nc(NCCN)n2)cc1. The second-order valence-electron chi connectivity index (χ2n) is 5.81. The third kappa shape index (κ3) is 5.08. The van der Waals surface area contributed by atoms with Gasteiger partial charge < -0.3 is 16.4 Å². The number of nitrogens with two attached hydrogens (primary N) is 1. The Kier molecular flexibility index (Phi) is 6.61. The number of nitriles is 1. The molecule has 0 fully saturated rings. The minimum Gasteiger partial charge on any atom is -0.353 e. The predicted octanol–water partition coefficient (Wildman–Crippen LogP) is 3.76. The Labute approximate surface area is 172 Å². The second-order valence-corrected chi connectivity index (χ2v) is 6.62. The van der Waals surface area contributed by atoms with Crippen LogP contribution in [0.1, 0.15) is 17.0 Å². The van der Waals surface area contributed by atoms with Crippen LogP contribution in [-0.2, 0) is 6.42 Å². The summed E-state index contributed by atoms with van der Waals surface area (Å²) < 4.78 is 0. The molecule has 28 heavy (non-hydrogen) atoms. The molecule has 4 N–H and O–H groups in total. The monoisotopic (exact) mass is 413 g/mol. The average Bonchev–Trinajstić information content (AvgIpc) is 2.70. The van der Waals surface area contributed by atoms with Crippen LogP contribution in [0, 0.1) is 11.3 Å². The predicted molar refractivity (Wildman–Crippen MR) is 111 cm³/mol. The highest BCUT2D eigenvalue weighted by Gasteiger charge is 2.12. The molecule has 1 heterocycles. The van der Waals surface area contributed by atoms with Crippen molar-refractivity contribution in [3.63, 3.8) is 0 Å². The van der Waals surface area contributed by atoms with Crippen molar-refractivity contribution in [1.29, 1.82) is 5.26 Å². The molecule has 2 aromatic carbocycles. The number of hydrogen-bond acceptors (Lipinski definition) is 7. The number of benzene rings is 2. The van der Waals surface area contributed by atoms with Crippen molar-refractivity contribution in [1.82, 2.24) is 15.0 Å². The molecule has 7 nitrogen and oxygen atoms in total. The number of hydrogen-bond donors (Lipinski definition) is 3. The lowest BCUT2D eigenvalue weighted by molar-refractivity contribution is 0.907. The lowest BCUT2D eigenvalue weighted by Gasteiger charge is -2.11. The summed E-state index contributed by atoms with van der Waals surface area (Å²) in [5, 5.41) is 16.2. The lowest BCUT2D eigenvalue weighted by atomic mass is 10.1.